The van der Waals surface area contributed by atoms with E-state index in [4.69, 9.17) is 4.74 Å². The summed E-state index contributed by atoms with van der Waals surface area (Å²) in [5, 5.41) is 0. The van der Waals surface area contributed by atoms with Crippen LogP contribution in [0.1, 0.15) is 6.92 Å². The molecule has 0 aliphatic heterocycles. The Morgan fingerprint density at radius 3 is 3.08 bits per heavy atom. The molecule has 0 bridgehead atoms. The SMILES string of the molecule is CCOC(=O)Cn1cncc1I. The number of ether oxygens (including phenoxy) is 1. The van der Waals surface area contributed by atoms with E-state index in [-0.39, 0.29) is 12.5 Å². The van der Waals surface area contributed by atoms with Gasteiger partial charge in [-0.15, -0.1) is 0 Å². The van der Waals surface area contributed by atoms with Gasteiger partial charge in [0.1, 0.15) is 10.2 Å². The Morgan fingerprint density at radius 1 is 1.83 bits per heavy atom. The molecule has 66 valence electrons. The first-order chi connectivity index (χ1) is 5.74. The number of hydrogen-bond acceptors (Lipinski definition) is 3. The van der Waals surface area contributed by atoms with Crippen molar-refractivity contribution in [2.24, 2.45) is 0 Å². The van der Waals surface area contributed by atoms with E-state index in [2.05, 4.69) is 27.6 Å². The highest BCUT2D eigenvalue weighted by atomic mass is 127. The third-order valence-electron chi connectivity index (χ3n) is 1.27. The van der Waals surface area contributed by atoms with Gasteiger partial charge < -0.3 is 9.30 Å². The van der Waals surface area contributed by atoms with Crippen LogP contribution in [0.25, 0.3) is 0 Å². The zero-order valence-electron chi connectivity index (χ0n) is 6.66. The van der Waals surface area contributed by atoms with Crippen LogP contribution in [0.15, 0.2) is 12.5 Å². The largest absolute Gasteiger partial charge is 0.465 e. The Balaban J connectivity index is 2.52. The van der Waals surface area contributed by atoms with Crippen LogP contribution in [0.3, 0.4) is 0 Å². The first-order valence-corrected chi connectivity index (χ1v) is 4.63. The fraction of sp³-hybridized carbons (Fsp3) is 0.429. The van der Waals surface area contributed by atoms with Gasteiger partial charge >= 0.3 is 5.97 Å². The van der Waals surface area contributed by atoms with Crippen LogP contribution in [0.2, 0.25) is 0 Å². The van der Waals surface area contributed by atoms with Crippen LogP contribution >= 0.6 is 22.6 Å². The van der Waals surface area contributed by atoms with Gasteiger partial charge in [-0.2, -0.15) is 0 Å². The van der Waals surface area contributed by atoms with Crippen molar-refractivity contribution >= 4 is 28.6 Å². The van der Waals surface area contributed by atoms with Crippen LogP contribution < -0.4 is 0 Å². The normalized spacial score (nSPS) is 9.83. The van der Waals surface area contributed by atoms with E-state index in [1.165, 1.54) is 0 Å². The molecule has 0 spiro atoms. The average molecular weight is 280 g/mol. The highest BCUT2D eigenvalue weighted by Gasteiger charge is 2.04. The average Bonchev–Trinajstić information content (AvgIpc) is 2.37. The maximum atomic E-state index is 11.0. The molecule has 0 amide bonds. The summed E-state index contributed by atoms with van der Waals surface area (Å²) in [6, 6.07) is 0. The minimum atomic E-state index is -0.228. The van der Waals surface area contributed by atoms with Crippen molar-refractivity contribution in [3.05, 3.63) is 16.2 Å². The third kappa shape index (κ3) is 2.47. The van der Waals surface area contributed by atoms with Gasteiger partial charge in [0.25, 0.3) is 0 Å². The van der Waals surface area contributed by atoms with Gasteiger partial charge in [-0.3, -0.25) is 4.79 Å². The molecule has 0 saturated heterocycles. The summed E-state index contributed by atoms with van der Waals surface area (Å²) >= 11 is 2.11. The number of halogens is 1. The van der Waals surface area contributed by atoms with Gasteiger partial charge in [-0.1, -0.05) is 0 Å². The zero-order chi connectivity index (χ0) is 8.97. The molecule has 0 aliphatic rings. The molecule has 0 N–H and O–H groups in total. The zero-order valence-corrected chi connectivity index (χ0v) is 8.82. The Bertz CT molecular complexity index is 272. The lowest BCUT2D eigenvalue weighted by Gasteiger charge is -2.02. The van der Waals surface area contributed by atoms with Crippen molar-refractivity contribution in [2.75, 3.05) is 6.61 Å². The first kappa shape index (κ1) is 9.50. The molecule has 0 aliphatic carbocycles. The molecule has 0 radical (unpaired) electrons. The fourth-order valence-corrected chi connectivity index (χ4v) is 1.22. The number of aromatic nitrogens is 2. The van der Waals surface area contributed by atoms with Gasteiger partial charge in [-0.05, 0) is 29.5 Å². The quantitative estimate of drug-likeness (QED) is 0.614. The van der Waals surface area contributed by atoms with Crippen LogP contribution in [-0.4, -0.2) is 22.1 Å². The Morgan fingerprint density at radius 2 is 2.58 bits per heavy atom. The lowest BCUT2D eigenvalue weighted by atomic mass is 10.6. The standard InChI is InChI=1S/C7H9IN2O2/c1-2-12-7(11)4-10-5-9-3-6(10)8/h3,5H,2,4H2,1H3. The van der Waals surface area contributed by atoms with E-state index in [1.807, 2.05) is 0 Å². The van der Waals surface area contributed by atoms with E-state index in [0.717, 1.165) is 3.70 Å². The lowest BCUT2D eigenvalue weighted by Crippen LogP contribution is -2.13. The lowest BCUT2D eigenvalue weighted by molar-refractivity contribution is -0.143. The number of esters is 1. The summed E-state index contributed by atoms with van der Waals surface area (Å²) in [6.45, 7) is 2.45. The van der Waals surface area contributed by atoms with E-state index in [1.54, 1.807) is 24.0 Å². The van der Waals surface area contributed by atoms with Crippen molar-refractivity contribution in [1.29, 1.82) is 0 Å². The van der Waals surface area contributed by atoms with E-state index in [9.17, 15) is 4.79 Å². The second kappa shape index (κ2) is 4.44. The van der Waals surface area contributed by atoms with Crippen molar-refractivity contribution in [3.8, 4) is 0 Å². The monoisotopic (exact) mass is 280 g/mol. The number of carbonyl (C=O) groups is 1. The van der Waals surface area contributed by atoms with E-state index >= 15 is 0 Å². The van der Waals surface area contributed by atoms with Gasteiger partial charge in [0.15, 0.2) is 0 Å². The molecule has 1 aromatic heterocycles. The van der Waals surface area contributed by atoms with Crippen LogP contribution in [0.4, 0.5) is 0 Å². The Kier molecular flexibility index (Phi) is 3.51. The number of nitrogens with zero attached hydrogens (tertiary/aromatic N) is 2. The third-order valence-corrected chi connectivity index (χ3v) is 2.16. The first-order valence-electron chi connectivity index (χ1n) is 3.55. The van der Waals surface area contributed by atoms with Crippen molar-refractivity contribution in [2.45, 2.75) is 13.5 Å². The minimum absolute atomic E-state index is 0.228. The molecule has 0 atom stereocenters. The second-order valence-electron chi connectivity index (χ2n) is 2.15. The van der Waals surface area contributed by atoms with Crippen molar-refractivity contribution in [3.63, 3.8) is 0 Å². The van der Waals surface area contributed by atoms with Crippen LogP contribution in [0.5, 0.6) is 0 Å². The van der Waals surface area contributed by atoms with E-state index in [0.29, 0.717) is 6.61 Å². The maximum absolute atomic E-state index is 11.0. The molecule has 1 heterocycles. The van der Waals surface area contributed by atoms with Crippen molar-refractivity contribution < 1.29 is 9.53 Å². The Labute approximate surface area is 84.1 Å². The number of hydrogen-bond donors (Lipinski definition) is 0. The summed E-state index contributed by atoms with van der Waals surface area (Å²) in [5.41, 5.74) is 0. The summed E-state index contributed by atoms with van der Waals surface area (Å²) in [7, 11) is 0. The molecular formula is C7H9IN2O2. The predicted molar refractivity (Wildman–Crippen MR) is 51.6 cm³/mol. The smallest absolute Gasteiger partial charge is 0.326 e. The second-order valence-corrected chi connectivity index (χ2v) is 3.25. The fourth-order valence-electron chi connectivity index (χ4n) is 0.767. The molecule has 0 saturated carbocycles. The topological polar surface area (TPSA) is 44.1 Å². The highest BCUT2D eigenvalue weighted by Crippen LogP contribution is 2.02. The Hall–Kier alpha value is -0.590. The van der Waals surface area contributed by atoms with Crippen molar-refractivity contribution in [1.82, 2.24) is 9.55 Å². The summed E-state index contributed by atoms with van der Waals surface area (Å²) in [5.74, 6) is -0.228. The summed E-state index contributed by atoms with van der Waals surface area (Å²) in [6.07, 6.45) is 3.30. The molecule has 5 heteroatoms. The molecule has 0 fully saturated rings. The maximum Gasteiger partial charge on any atom is 0.326 e. The van der Waals surface area contributed by atoms with Gasteiger partial charge in [0, 0.05) is 0 Å². The molecule has 0 unspecified atom stereocenters. The van der Waals surface area contributed by atoms with Gasteiger partial charge in [0.2, 0.25) is 0 Å². The number of carbonyl (C=O) groups excluding carboxylic acids is 1. The molecule has 0 aromatic carbocycles. The molecule has 4 nitrogen and oxygen atoms in total. The van der Waals surface area contributed by atoms with Crippen LogP contribution in [0, 0.1) is 3.70 Å². The number of rotatable bonds is 3. The molecule has 1 aromatic rings. The summed E-state index contributed by atoms with van der Waals surface area (Å²) in [4.78, 5) is 14.9. The molecule has 1 rings (SSSR count). The molecule has 12 heavy (non-hydrogen) atoms. The number of imidazole rings is 1. The van der Waals surface area contributed by atoms with E-state index < -0.39 is 0 Å². The summed E-state index contributed by atoms with van der Waals surface area (Å²) < 4.78 is 7.45. The highest BCUT2D eigenvalue weighted by molar-refractivity contribution is 14.1. The van der Waals surface area contributed by atoms with Gasteiger partial charge in [0.05, 0.1) is 19.1 Å². The molecular weight excluding hydrogens is 271 g/mol. The van der Waals surface area contributed by atoms with Crippen LogP contribution in [-0.2, 0) is 16.1 Å². The minimum Gasteiger partial charge on any atom is -0.465 e. The predicted octanol–water partition coefficient (Wildman–Crippen LogP) is 1.05. The van der Waals surface area contributed by atoms with Gasteiger partial charge in [-0.25, -0.2) is 4.98 Å².